The van der Waals surface area contributed by atoms with Crippen LogP contribution in [-0.4, -0.2) is 15.3 Å². The molecule has 0 spiro atoms. The van der Waals surface area contributed by atoms with Crippen molar-refractivity contribution in [3.63, 3.8) is 0 Å². The molecule has 0 aliphatic carbocycles. The molecule has 0 amide bonds. The van der Waals surface area contributed by atoms with Crippen LogP contribution in [-0.2, 0) is 0 Å². The van der Waals surface area contributed by atoms with Crippen molar-refractivity contribution in [3.05, 3.63) is 76.8 Å². The fourth-order valence-corrected chi connectivity index (χ4v) is 2.38. The van der Waals surface area contributed by atoms with Crippen LogP contribution in [0.2, 0.25) is 0 Å². The highest BCUT2D eigenvalue weighted by atomic mass is 16.2. The number of nitrogens with one attached hydrogen (secondary N) is 1. The van der Waals surface area contributed by atoms with Crippen LogP contribution in [0.15, 0.2) is 65.5 Å². The molecule has 4 heteroatoms. The third-order valence-corrected chi connectivity index (χ3v) is 3.31. The molecule has 0 unspecified atom stereocenters. The monoisotopic (exact) mass is 278 g/mol. The van der Waals surface area contributed by atoms with Crippen LogP contribution in [0.3, 0.4) is 0 Å². The first-order valence-corrected chi connectivity index (χ1v) is 6.65. The van der Waals surface area contributed by atoms with Gasteiger partial charge in [-0.15, -0.1) is 0 Å². The number of aromatic amines is 1. The topological polar surface area (TPSA) is 54.9 Å². The molecule has 1 N–H and O–H groups in total. The van der Waals surface area contributed by atoms with Gasteiger partial charge >= 0.3 is 5.69 Å². The smallest absolute Gasteiger partial charge is 0.302 e. The summed E-state index contributed by atoms with van der Waals surface area (Å²) in [7, 11) is 0. The van der Waals surface area contributed by atoms with Crippen LogP contribution in [0.25, 0.3) is 16.9 Å². The average molecular weight is 278 g/mol. The molecule has 3 aromatic rings. The van der Waals surface area contributed by atoms with Gasteiger partial charge in [0.25, 0.3) is 0 Å². The Hall–Kier alpha value is -2.88. The number of carbonyl (C=O) groups excluding carboxylic acids is 1. The zero-order chi connectivity index (χ0) is 14.8. The highest BCUT2D eigenvalue weighted by Crippen LogP contribution is 2.24. The third kappa shape index (κ3) is 2.31. The lowest BCUT2D eigenvalue weighted by atomic mass is 10.1. The van der Waals surface area contributed by atoms with Crippen LogP contribution in [0.4, 0.5) is 0 Å². The number of hydrogen-bond donors (Lipinski definition) is 1. The van der Waals surface area contributed by atoms with Gasteiger partial charge < -0.3 is 4.98 Å². The Bertz CT molecular complexity index is 830. The Labute approximate surface area is 121 Å². The van der Waals surface area contributed by atoms with E-state index in [9.17, 15) is 9.59 Å². The molecule has 1 aromatic heterocycles. The number of carbonyl (C=O) groups is 1. The van der Waals surface area contributed by atoms with Crippen molar-refractivity contribution in [1.29, 1.82) is 0 Å². The summed E-state index contributed by atoms with van der Waals surface area (Å²) in [6.45, 7) is 1.45. The van der Waals surface area contributed by atoms with Gasteiger partial charge in [0.1, 0.15) is 5.69 Å². The Morgan fingerprint density at radius 1 is 0.952 bits per heavy atom. The van der Waals surface area contributed by atoms with Gasteiger partial charge in [0.2, 0.25) is 0 Å². The molecule has 0 saturated carbocycles. The zero-order valence-corrected chi connectivity index (χ0v) is 11.5. The lowest BCUT2D eigenvalue weighted by molar-refractivity contribution is 0.101. The number of imidazole rings is 1. The minimum Gasteiger partial charge on any atom is -0.302 e. The van der Waals surface area contributed by atoms with Crippen molar-refractivity contribution in [1.82, 2.24) is 9.55 Å². The molecule has 0 fully saturated rings. The predicted octanol–water partition coefficient (Wildman–Crippen LogP) is 3.04. The normalized spacial score (nSPS) is 10.5. The largest absolute Gasteiger partial charge is 0.331 e. The quantitative estimate of drug-likeness (QED) is 0.749. The highest BCUT2D eigenvalue weighted by Gasteiger charge is 2.19. The van der Waals surface area contributed by atoms with Gasteiger partial charge in [0, 0.05) is 12.5 Å². The second-order valence-electron chi connectivity index (χ2n) is 4.75. The molecule has 104 valence electrons. The van der Waals surface area contributed by atoms with Crippen molar-refractivity contribution >= 4 is 5.78 Å². The second-order valence-corrected chi connectivity index (χ2v) is 4.75. The zero-order valence-electron chi connectivity index (χ0n) is 11.5. The molecule has 0 saturated heterocycles. The number of hydrogen-bond acceptors (Lipinski definition) is 2. The first-order valence-electron chi connectivity index (χ1n) is 6.65. The van der Waals surface area contributed by atoms with Gasteiger partial charge in [-0.05, 0) is 12.1 Å². The van der Waals surface area contributed by atoms with Crippen LogP contribution < -0.4 is 5.69 Å². The SMILES string of the molecule is CC(=O)c1[nH]c(=O)n(-c2ccccc2)c1-c1ccccc1. The molecule has 4 nitrogen and oxygen atoms in total. The fraction of sp³-hybridized carbons (Fsp3) is 0.0588. The number of nitrogens with zero attached hydrogens (tertiary/aromatic N) is 1. The summed E-state index contributed by atoms with van der Waals surface area (Å²) in [4.78, 5) is 26.8. The van der Waals surface area contributed by atoms with Crippen molar-refractivity contribution < 1.29 is 4.79 Å². The highest BCUT2D eigenvalue weighted by molar-refractivity contribution is 5.98. The van der Waals surface area contributed by atoms with Crippen LogP contribution in [0.1, 0.15) is 17.4 Å². The van der Waals surface area contributed by atoms with E-state index in [4.69, 9.17) is 0 Å². The fourth-order valence-electron chi connectivity index (χ4n) is 2.38. The molecular weight excluding hydrogens is 264 g/mol. The summed E-state index contributed by atoms with van der Waals surface area (Å²) < 4.78 is 1.53. The Balaban J connectivity index is 2.35. The minimum atomic E-state index is -0.315. The molecule has 0 radical (unpaired) electrons. The first-order chi connectivity index (χ1) is 10.2. The molecule has 2 aromatic carbocycles. The number of benzene rings is 2. The maximum atomic E-state index is 12.3. The van der Waals surface area contributed by atoms with E-state index in [1.807, 2.05) is 60.7 Å². The number of aromatic nitrogens is 2. The van der Waals surface area contributed by atoms with Gasteiger partial charge in [-0.2, -0.15) is 0 Å². The third-order valence-electron chi connectivity index (χ3n) is 3.31. The Morgan fingerprint density at radius 2 is 1.52 bits per heavy atom. The summed E-state index contributed by atoms with van der Waals surface area (Å²) in [5, 5.41) is 0. The number of rotatable bonds is 3. The molecule has 0 atom stereocenters. The summed E-state index contributed by atoms with van der Waals surface area (Å²) in [5.74, 6) is -0.166. The van der Waals surface area contributed by atoms with Crippen molar-refractivity contribution in [3.8, 4) is 16.9 Å². The van der Waals surface area contributed by atoms with E-state index in [1.54, 1.807) is 0 Å². The van der Waals surface area contributed by atoms with Gasteiger partial charge in [-0.1, -0.05) is 48.5 Å². The second kappa shape index (κ2) is 5.25. The summed E-state index contributed by atoms with van der Waals surface area (Å²) in [6.07, 6.45) is 0. The maximum Gasteiger partial charge on any atom is 0.331 e. The number of H-pyrrole nitrogens is 1. The van der Waals surface area contributed by atoms with Crippen LogP contribution in [0.5, 0.6) is 0 Å². The predicted molar refractivity (Wildman–Crippen MR) is 81.8 cm³/mol. The standard InChI is InChI=1S/C17H14N2O2/c1-12(20)15-16(13-8-4-2-5-9-13)19(17(21)18-15)14-10-6-3-7-11-14/h2-11H,1H3,(H,18,21). The van der Waals surface area contributed by atoms with E-state index in [1.165, 1.54) is 11.5 Å². The first kappa shape index (κ1) is 13.1. The number of para-hydroxylation sites is 1. The van der Waals surface area contributed by atoms with E-state index in [0.717, 1.165) is 11.3 Å². The van der Waals surface area contributed by atoms with Crippen LogP contribution in [0, 0.1) is 0 Å². The summed E-state index contributed by atoms with van der Waals surface area (Å²) in [5.41, 5.74) is 2.16. The average Bonchev–Trinajstić information content (AvgIpc) is 2.87. The van der Waals surface area contributed by atoms with Crippen LogP contribution >= 0.6 is 0 Å². The molecule has 21 heavy (non-hydrogen) atoms. The molecule has 0 aliphatic heterocycles. The molecule has 0 aliphatic rings. The molecule has 0 bridgehead atoms. The Kier molecular flexibility index (Phi) is 3.28. The summed E-state index contributed by atoms with van der Waals surface area (Å²) in [6, 6.07) is 18.7. The van der Waals surface area contributed by atoms with E-state index in [0.29, 0.717) is 11.4 Å². The molecule has 1 heterocycles. The molecular formula is C17H14N2O2. The van der Waals surface area contributed by atoms with E-state index in [2.05, 4.69) is 4.98 Å². The number of Topliss-reactive ketones (excluding diaryl/α,β-unsaturated/α-hetero) is 1. The molecule has 3 rings (SSSR count). The van der Waals surface area contributed by atoms with Gasteiger partial charge in [0.15, 0.2) is 5.78 Å². The van der Waals surface area contributed by atoms with Gasteiger partial charge in [-0.3, -0.25) is 9.36 Å². The summed E-state index contributed by atoms with van der Waals surface area (Å²) >= 11 is 0. The number of ketones is 1. The van der Waals surface area contributed by atoms with Gasteiger partial charge in [0.05, 0.1) is 11.4 Å². The van der Waals surface area contributed by atoms with Crippen molar-refractivity contribution in [2.75, 3.05) is 0 Å². The lowest BCUT2D eigenvalue weighted by Gasteiger charge is -2.08. The Morgan fingerprint density at radius 3 is 2.10 bits per heavy atom. The van der Waals surface area contributed by atoms with E-state index < -0.39 is 0 Å². The lowest BCUT2D eigenvalue weighted by Crippen LogP contribution is -2.15. The minimum absolute atomic E-state index is 0.166. The maximum absolute atomic E-state index is 12.3. The van der Waals surface area contributed by atoms with E-state index >= 15 is 0 Å². The van der Waals surface area contributed by atoms with E-state index in [-0.39, 0.29) is 11.5 Å². The van der Waals surface area contributed by atoms with Crippen molar-refractivity contribution in [2.24, 2.45) is 0 Å². The van der Waals surface area contributed by atoms with Crippen molar-refractivity contribution in [2.45, 2.75) is 6.92 Å². The van der Waals surface area contributed by atoms with Gasteiger partial charge in [-0.25, -0.2) is 4.79 Å².